The van der Waals surface area contributed by atoms with Crippen molar-refractivity contribution in [2.24, 2.45) is 0 Å². The number of nitrogens with zero attached hydrogens (tertiary/aromatic N) is 3. The highest BCUT2D eigenvalue weighted by atomic mass is 32.2. The molecule has 1 N–H and O–H groups in total. The first-order chi connectivity index (χ1) is 28.5. The lowest BCUT2D eigenvalue weighted by Crippen LogP contribution is -2.32. The zero-order chi connectivity index (χ0) is 45.0. The lowest BCUT2D eigenvalue weighted by Gasteiger charge is -2.29. The maximum absolute atomic E-state index is 12.4. The van der Waals surface area contributed by atoms with Crippen LogP contribution in [0.1, 0.15) is 89.7 Å². The summed E-state index contributed by atoms with van der Waals surface area (Å²) >= 11 is 0. The molecule has 2 aromatic carbocycles. The summed E-state index contributed by atoms with van der Waals surface area (Å²) in [6, 6.07) is 8.35. The van der Waals surface area contributed by atoms with Crippen LogP contribution < -0.4 is 4.90 Å². The molecule has 20 heteroatoms. The number of anilines is 1. The van der Waals surface area contributed by atoms with Gasteiger partial charge >= 0.3 is 5.97 Å². The maximum atomic E-state index is 12.4. The minimum Gasteiger partial charge on any atom is -0.744 e. The molecule has 61 heavy (non-hydrogen) atoms. The van der Waals surface area contributed by atoms with E-state index in [0.29, 0.717) is 73.0 Å². The molecule has 17 nitrogen and oxygen atoms in total. The van der Waals surface area contributed by atoms with Gasteiger partial charge in [0.25, 0.3) is 21.9 Å². The molecule has 0 radical (unpaired) electrons. The summed E-state index contributed by atoms with van der Waals surface area (Å²) in [6.45, 7) is 6.91. The zero-order valence-electron chi connectivity index (χ0n) is 34.4. The maximum Gasteiger partial charge on any atom is 0.333 e. The SMILES string of the molecule is CCN1/C(=C/C=C/C=C/C2=[N+](CCCCCC(=O)ON3C(=O)CCC3=O)c3ccc(S(=O)(=O)[O-])cc3C2(C)CCCS(=O)(=O)O)C(C)(CCOC)c2cc(S(=O)(=O)[O-])ccc21. The fraction of sp³-hybridized carbons (Fsp3) is 0.463. The van der Waals surface area contributed by atoms with Gasteiger partial charge in [-0.25, -0.2) is 21.6 Å². The van der Waals surface area contributed by atoms with Gasteiger partial charge < -0.3 is 23.6 Å². The van der Waals surface area contributed by atoms with Crippen LogP contribution in [0, 0.1) is 0 Å². The normalized spacial score (nSPS) is 21.5. The van der Waals surface area contributed by atoms with Gasteiger partial charge in [0, 0.05) is 80.4 Å². The van der Waals surface area contributed by atoms with Crippen molar-refractivity contribution in [3.8, 4) is 0 Å². The van der Waals surface area contributed by atoms with E-state index in [0.717, 1.165) is 11.4 Å². The summed E-state index contributed by atoms with van der Waals surface area (Å²) < 4.78 is 113. The Hall–Kier alpha value is -4.57. The number of hydrogen-bond donors (Lipinski definition) is 1. The highest BCUT2D eigenvalue weighted by Gasteiger charge is 2.48. The zero-order valence-corrected chi connectivity index (χ0v) is 36.8. The summed E-state index contributed by atoms with van der Waals surface area (Å²) in [6.07, 6.45) is 10.8. The van der Waals surface area contributed by atoms with Crippen molar-refractivity contribution >= 4 is 65.2 Å². The van der Waals surface area contributed by atoms with Crippen LogP contribution in [0.3, 0.4) is 0 Å². The van der Waals surface area contributed by atoms with Crippen LogP contribution >= 0.6 is 0 Å². The summed E-state index contributed by atoms with van der Waals surface area (Å²) in [5.74, 6) is -2.45. The van der Waals surface area contributed by atoms with Crippen molar-refractivity contribution in [3.63, 3.8) is 0 Å². The number of amides is 2. The van der Waals surface area contributed by atoms with Crippen LogP contribution in [0.25, 0.3) is 0 Å². The van der Waals surface area contributed by atoms with Gasteiger partial charge in [-0.15, -0.1) is 5.06 Å². The Bertz CT molecular complexity index is 2510. The molecule has 3 aliphatic heterocycles. The molecule has 0 aliphatic carbocycles. The topological polar surface area (TPSA) is 248 Å². The van der Waals surface area contributed by atoms with Gasteiger partial charge in [-0.1, -0.05) is 18.2 Å². The molecule has 1 saturated heterocycles. The molecule has 3 aliphatic rings. The second-order valence-corrected chi connectivity index (χ2v) is 19.8. The average Bonchev–Trinajstić information content (AvgIpc) is 3.71. The van der Waals surface area contributed by atoms with Gasteiger partial charge in [0.05, 0.1) is 21.0 Å². The van der Waals surface area contributed by atoms with Crippen molar-refractivity contribution in [3.05, 3.63) is 83.6 Å². The predicted octanol–water partition coefficient (Wildman–Crippen LogP) is 4.52. The molecule has 1 fully saturated rings. The predicted molar refractivity (Wildman–Crippen MR) is 220 cm³/mol. The molecule has 5 rings (SSSR count). The Balaban J connectivity index is 1.48. The number of hydroxylamine groups is 2. The van der Waals surface area contributed by atoms with E-state index in [2.05, 4.69) is 0 Å². The van der Waals surface area contributed by atoms with Crippen molar-refractivity contribution in [1.82, 2.24) is 5.06 Å². The molecule has 0 spiro atoms. The molecule has 3 heterocycles. The van der Waals surface area contributed by atoms with Crippen LogP contribution in [-0.2, 0) is 65.1 Å². The molecular formula is C41H50N3O14S3-. The van der Waals surface area contributed by atoms with Gasteiger partial charge in [-0.05, 0) is 94.8 Å². The van der Waals surface area contributed by atoms with Crippen LogP contribution in [0.2, 0.25) is 0 Å². The smallest absolute Gasteiger partial charge is 0.333 e. The van der Waals surface area contributed by atoms with Gasteiger partial charge in [-0.3, -0.25) is 14.1 Å². The highest BCUT2D eigenvalue weighted by molar-refractivity contribution is 7.86. The first kappa shape index (κ1) is 47.5. The number of ether oxygens (including phenoxy) is 1. The molecule has 2 atom stereocenters. The van der Waals surface area contributed by atoms with Gasteiger partial charge in [0.15, 0.2) is 5.71 Å². The van der Waals surface area contributed by atoms with Crippen molar-refractivity contribution in [1.29, 1.82) is 0 Å². The van der Waals surface area contributed by atoms with Crippen LogP contribution in [0.15, 0.2) is 82.3 Å². The molecule has 0 aromatic heterocycles. The van der Waals surface area contributed by atoms with Crippen LogP contribution in [-0.4, -0.2) is 105 Å². The lowest BCUT2D eigenvalue weighted by molar-refractivity contribution is -0.438. The van der Waals surface area contributed by atoms with E-state index in [1.54, 1.807) is 44.4 Å². The summed E-state index contributed by atoms with van der Waals surface area (Å²) in [5, 5.41) is 0.494. The fourth-order valence-corrected chi connectivity index (χ4v) is 9.78. The number of rotatable bonds is 20. The van der Waals surface area contributed by atoms with Crippen LogP contribution in [0.5, 0.6) is 0 Å². The van der Waals surface area contributed by atoms with Gasteiger partial charge in [0.2, 0.25) is 5.69 Å². The lowest BCUT2D eigenvalue weighted by atomic mass is 9.76. The minimum atomic E-state index is -4.88. The average molecular weight is 905 g/mol. The quantitative estimate of drug-likeness (QED) is 0.0631. The Kier molecular flexibility index (Phi) is 14.6. The van der Waals surface area contributed by atoms with Crippen molar-refractivity contribution in [2.75, 3.05) is 37.5 Å². The monoisotopic (exact) mass is 904 g/mol. The number of allylic oxidation sites excluding steroid dienone is 6. The standard InChI is InChI=1S/C41H51N3O14S3/c1-5-42-33-18-16-29(60(51,52)53)27-31(33)41(3,23-25-57-4)35(42)13-8-6-9-14-36-40(2,22-12-26-59(48,49)50)32-28-30(61(54,55)56)17-19-34(32)43(36)24-11-7-10-15-39(47)58-44-37(45)20-21-38(44)46/h6,8-9,13-14,16-19,27-28H,5,7,10-12,15,20-26H2,1-4H3,(H2-,48,49,50,51,52,53,54,55,56)/p-1. The van der Waals surface area contributed by atoms with E-state index < -0.39 is 69.6 Å². The number of carbonyl (C=O) groups is 3. The number of unbranched alkanes of at least 4 members (excludes halogenated alkanes) is 2. The van der Waals surface area contributed by atoms with E-state index in [4.69, 9.17) is 9.57 Å². The molecule has 0 bridgehead atoms. The number of imide groups is 1. The van der Waals surface area contributed by atoms with Crippen molar-refractivity contribution in [2.45, 2.75) is 99.2 Å². The first-order valence-electron chi connectivity index (χ1n) is 19.7. The van der Waals surface area contributed by atoms with E-state index in [9.17, 15) is 53.3 Å². The third kappa shape index (κ3) is 10.7. The van der Waals surface area contributed by atoms with E-state index >= 15 is 0 Å². The third-order valence-electron chi connectivity index (χ3n) is 11.4. The number of benzene rings is 2. The minimum absolute atomic E-state index is 0.0107. The summed E-state index contributed by atoms with van der Waals surface area (Å²) in [7, 11) is -12.4. The first-order valence-corrected chi connectivity index (χ1v) is 24.2. The Morgan fingerprint density at radius 2 is 1.49 bits per heavy atom. The second kappa shape index (κ2) is 18.8. The Morgan fingerprint density at radius 3 is 2.10 bits per heavy atom. The van der Waals surface area contributed by atoms with E-state index in [1.807, 2.05) is 29.4 Å². The molecule has 0 saturated carbocycles. The van der Waals surface area contributed by atoms with Crippen LogP contribution in [0.4, 0.5) is 11.4 Å². The fourth-order valence-electron chi connectivity index (χ4n) is 8.28. The molecule has 332 valence electrons. The molecule has 2 amide bonds. The summed E-state index contributed by atoms with van der Waals surface area (Å²) in [4.78, 5) is 42.3. The number of hydrogen-bond acceptors (Lipinski definition) is 14. The van der Waals surface area contributed by atoms with Crippen molar-refractivity contribution < 1.29 is 67.4 Å². The van der Waals surface area contributed by atoms with E-state index in [1.165, 1.54) is 30.3 Å². The summed E-state index contributed by atoms with van der Waals surface area (Å²) in [5.41, 5.74) is 2.15. The van der Waals surface area contributed by atoms with E-state index in [-0.39, 0.29) is 37.0 Å². The second-order valence-electron chi connectivity index (χ2n) is 15.5. The molecule has 2 unspecified atom stereocenters. The molecule has 2 aromatic rings. The number of fused-ring (bicyclic) bond motifs is 2. The largest absolute Gasteiger partial charge is 0.744 e. The number of carbonyl (C=O) groups excluding carboxylic acids is 3. The third-order valence-corrected chi connectivity index (χ3v) is 13.9. The Labute approximate surface area is 356 Å². The van der Waals surface area contributed by atoms with Gasteiger partial charge in [0.1, 0.15) is 26.8 Å². The Morgan fingerprint density at radius 1 is 0.852 bits per heavy atom. The number of methoxy groups -OCH3 is 1. The highest BCUT2D eigenvalue weighted by Crippen LogP contribution is 2.50. The number of likely N-dealkylation sites (N-methyl/N-ethyl adjacent to an activating group) is 1. The molecular weight excluding hydrogens is 855 g/mol. The van der Waals surface area contributed by atoms with Gasteiger partial charge in [-0.2, -0.15) is 13.0 Å².